The molecule has 2 heterocycles. The van der Waals surface area contributed by atoms with Crippen molar-refractivity contribution < 1.29 is 9.59 Å². The van der Waals surface area contributed by atoms with E-state index in [9.17, 15) is 9.59 Å². The van der Waals surface area contributed by atoms with Crippen LogP contribution in [0.25, 0.3) is 0 Å². The van der Waals surface area contributed by atoms with E-state index in [0.717, 1.165) is 35.5 Å². The summed E-state index contributed by atoms with van der Waals surface area (Å²) in [7, 11) is 0. The molecule has 1 unspecified atom stereocenters. The predicted molar refractivity (Wildman–Crippen MR) is 116 cm³/mol. The second-order valence-electron chi connectivity index (χ2n) is 8.17. The standard InChI is InChI=1S/C24H29N3O2/c1-17-8-7-11-21(18(17)2)27-16-20(14-23(27)28)24(29)25-15-19-9-3-4-10-22(19)26-12-5-6-13-26/h3-4,7-11,20H,5-6,12-16H2,1-2H3,(H,25,29). The van der Waals surface area contributed by atoms with E-state index in [4.69, 9.17) is 0 Å². The quantitative estimate of drug-likeness (QED) is 0.848. The van der Waals surface area contributed by atoms with Gasteiger partial charge in [-0.2, -0.15) is 0 Å². The second-order valence-corrected chi connectivity index (χ2v) is 8.17. The molecule has 1 N–H and O–H groups in total. The molecule has 2 aromatic carbocycles. The molecule has 2 amide bonds. The van der Waals surface area contributed by atoms with E-state index in [-0.39, 0.29) is 24.2 Å². The highest BCUT2D eigenvalue weighted by atomic mass is 16.2. The molecule has 2 aromatic rings. The minimum Gasteiger partial charge on any atom is -0.371 e. The Morgan fingerprint density at radius 3 is 2.55 bits per heavy atom. The summed E-state index contributed by atoms with van der Waals surface area (Å²) in [6.07, 6.45) is 2.71. The van der Waals surface area contributed by atoms with Gasteiger partial charge in [-0.25, -0.2) is 0 Å². The Labute approximate surface area is 172 Å². The Morgan fingerprint density at radius 1 is 1.03 bits per heavy atom. The predicted octanol–water partition coefficient (Wildman–Crippen LogP) is 3.57. The maximum Gasteiger partial charge on any atom is 0.227 e. The van der Waals surface area contributed by atoms with Gasteiger partial charge in [0.05, 0.1) is 5.92 Å². The van der Waals surface area contributed by atoms with Gasteiger partial charge in [0.15, 0.2) is 0 Å². The summed E-state index contributed by atoms with van der Waals surface area (Å²) in [5.41, 5.74) is 5.52. The zero-order chi connectivity index (χ0) is 20.4. The van der Waals surface area contributed by atoms with Gasteiger partial charge in [0, 0.05) is 44.0 Å². The summed E-state index contributed by atoms with van der Waals surface area (Å²) < 4.78 is 0. The summed E-state index contributed by atoms with van der Waals surface area (Å²) in [5, 5.41) is 3.08. The number of carbonyl (C=O) groups excluding carboxylic acids is 2. The van der Waals surface area contributed by atoms with Crippen molar-refractivity contribution in [1.29, 1.82) is 0 Å². The average molecular weight is 392 g/mol. The summed E-state index contributed by atoms with van der Waals surface area (Å²) in [5.74, 6) is -0.319. The molecule has 2 aliphatic heterocycles. The van der Waals surface area contributed by atoms with Crippen molar-refractivity contribution in [2.45, 2.75) is 39.7 Å². The lowest BCUT2D eigenvalue weighted by atomic mass is 10.1. The number of nitrogens with one attached hydrogen (secondary N) is 1. The molecular formula is C24H29N3O2. The molecule has 2 saturated heterocycles. The first-order valence-corrected chi connectivity index (χ1v) is 10.5. The van der Waals surface area contributed by atoms with E-state index in [1.807, 2.05) is 38.1 Å². The van der Waals surface area contributed by atoms with Gasteiger partial charge in [-0.3, -0.25) is 9.59 Å². The minimum absolute atomic E-state index is 0.0244. The second kappa shape index (κ2) is 8.27. The molecule has 0 radical (unpaired) electrons. The fourth-order valence-corrected chi connectivity index (χ4v) is 4.40. The summed E-state index contributed by atoms with van der Waals surface area (Å²) in [6.45, 7) is 7.17. The van der Waals surface area contributed by atoms with Crippen molar-refractivity contribution in [2.75, 3.05) is 29.4 Å². The third-order valence-corrected chi connectivity index (χ3v) is 6.25. The van der Waals surface area contributed by atoms with Crippen molar-refractivity contribution in [3.05, 3.63) is 59.2 Å². The number of hydrogen-bond acceptors (Lipinski definition) is 3. The Bertz CT molecular complexity index is 918. The first-order valence-electron chi connectivity index (χ1n) is 10.5. The number of amides is 2. The first kappa shape index (κ1) is 19.5. The molecule has 0 aromatic heterocycles. The van der Waals surface area contributed by atoms with Gasteiger partial charge < -0.3 is 15.1 Å². The number of rotatable bonds is 5. The highest BCUT2D eigenvalue weighted by Crippen LogP contribution is 2.30. The largest absolute Gasteiger partial charge is 0.371 e. The van der Waals surface area contributed by atoms with Gasteiger partial charge in [0.1, 0.15) is 0 Å². The van der Waals surface area contributed by atoms with Crippen LogP contribution in [0.5, 0.6) is 0 Å². The van der Waals surface area contributed by atoms with Crippen molar-refractivity contribution >= 4 is 23.2 Å². The van der Waals surface area contributed by atoms with Crippen LogP contribution in [-0.2, 0) is 16.1 Å². The number of nitrogens with zero attached hydrogens (tertiary/aromatic N) is 2. The number of benzene rings is 2. The molecule has 0 aliphatic carbocycles. The van der Waals surface area contributed by atoms with Gasteiger partial charge in [-0.1, -0.05) is 30.3 Å². The zero-order valence-corrected chi connectivity index (χ0v) is 17.3. The number of hydrogen-bond donors (Lipinski definition) is 1. The van der Waals surface area contributed by atoms with Crippen LogP contribution in [0.2, 0.25) is 0 Å². The molecule has 29 heavy (non-hydrogen) atoms. The van der Waals surface area contributed by atoms with Crippen LogP contribution < -0.4 is 15.1 Å². The van der Waals surface area contributed by atoms with E-state index >= 15 is 0 Å². The molecule has 0 bridgehead atoms. The third kappa shape index (κ3) is 4.00. The molecule has 4 rings (SSSR count). The molecule has 2 fully saturated rings. The maximum absolute atomic E-state index is 12.8. The highest BCUT2D eigenvalue weighted by molar-refractivity contribution is 6.00. The zero-order valence-electron chi connectivity index (χ0n) is 17.3. The van der Waals surface area contributed by atoms with E-state index < -0.39 is 0 Å². The van der Waals surface area contributed by atoms with Crippen LogP contribution in [0, 0.1) is 19.8 Å². The van der Waals surface area contributed by atoms with Crippen LogP contribution in [0.4, 0.5) is 11.4 Å². The average Bonchev–Trinajstić information content (AvgIpc) is 3.39. The van der Waals surface area contributed by atoms with Crippen LogP contribution in [-0.4, -0.2) is 31.4 Å². The normalized spacial score (nSPS) is 19.1. The molecule has 2 aliphatic rings. The van der Waals surface area contributed by atoms with Crippen molar-refractivity contribution in [1.82, 2.24) is 5.32 Å². The van der Waals surface area contributed by atoms with Gasteiger partial charge in [-0.15, -0.1) is 0 Å². The van der Waals surface area contributed by atoms with Gasteiger partial charge >= 0.3 is 0 Å². The van der Waals surface area contributed by atoms with Crippen LogP contribution >= 0.6 is 0 Å². The van der Waals surface area contributed by atoms with E-state index in [2.05, 4.69) is 28.4 Å². The van der Waals surface area contributed by atoms with Crippen LogP contribution in [0.1, 0.15) is 36.0 Å². The molecule has 5 heteroatoms. The lowest BCUT2D eigenvalue weighted by Gasteiger charge is -2.22. The fourth-order valence-electron chi connectivity index (χ4n) is 4.40. The van der Waals surface area contributed by atoms with Crippen molar-refractivity contribution in [3.63, 3.8) is 0 Å². The lowest BCUT2D eigenvalue weighted by Crippen LogP contribution is -2.33. The molecule has 5 nitrogen and oxygen atoms in total. The summed E-state index contributed by atoms with van der Waals surface area (Å²) in [6, 6.07) is 14.3. The summed E-state index contributed by atoms with van der Waals surface area (Å²) in [4.78, 5) is 29.6. The number of para-hydroxylation sites is 1. The smallest absolute Gasteiger partial charge is 0.227 e. The molecular weight excluding hydrogens is 362 g/mol. The summed E-state index contributed by atoms with van der Waals surface area (Å²) >= 11 is 0. The highest BCUT2D eigenvalue weighted by Gasteiger charge is 2.35. The number of anilines is 2. The molecule has 152 valence electrons. The maximum atomic E-state index is 12.8. The van der Waals surface area contributed by atoms with Crippen LogP contribution in [0.15, 0.2) is 42.5 Å². The Morgan fingerprint density at radius 2 is 1.76 bits per heavy atom. The monoisotopic (exact) mass is 391 g/mol. The molecule has 1 atom stereocenters. The number of carbonyl (C=O) groups is 2. The van der Waals surface area contributed by atoms with Crippen molar-refractivity contribution in [2.24, 2.45) is 5.92 Å². The van der Waals surface area contributed by atoms with E-state index in [1.54, 1.807) is 4.90 Å². The SMILES string of the molecule is Cc1cccc(N2CC(C(=O)NCc3ccccc3N3CCCC3)CC2=O)c1C. The Balaban J connectivity index is 1.41. The van der Waals surface area contributed by atoms with Crippen molar-refractivity contribution in [3.8, 4) is 0 Å². The van der Waals surface area contributed by atoms with E-state index in [1.165, 1.54) is 18.5 Å². The fraction of sp³-hybridized carbons (Fsp3) is 0.417. The van der Waals surface area contributed by atoms with Gasteiger partial charge in [0.25, 0.3) is 0 Å². The topological polar surface area (TPSA) is 52.7 Å². The minimum atomic E-state index is -0.304. The lowest BCUT2D eigenvalue weighted by molar-refractivity contribution is -0.126. The Kier molecular flexibility index (Phi) is 5.56. The van der Waals surface area contributed by atoms with E-state index in [0.29, 0.717) is 13.1 Å². The third-order valence-electron chi connectivity index (χ3n) is 6.25. The van der Waals surface area contributed by atoms with Gasteiger partial charge in [0.2, 0.25) is 11.8 Å². The molecule has 0 saturated carbocycles. The Hall–Kier alpha value is -2.82. The molecule has 0 spiro atoms. The van der Waals surface area contributed by atoms with Crippen LogP contribution in [0.3, 0.4) is 0 Å². The first-order chi connectivity index (χ1) is 14.0. The number of aryl methyl sites for hydroxylation is 1. The van der Waals surface area contributed by atoms with Gasteiger partial charge in [-0.05, 0) is 55.5 Å².